The van der Waals surface area contributed by atoms with E-state index in [1.54, 1.807) is 11.3 Å². The molecule has 0 saturated heterocycles. The second-order valence-electron chi connectivity index (χ2n) is 4.34. The van der Waals surface area contributed by atoms with E-state index in [4.69, 9.17) is 5.73 Å². The molecule has 0 fully saturated rings. The van der Waals surface area contributed by atoms with Gasteiger partial charge in [-0.25, -0.2) is 0 Å². The van der Waals surface area contributed by atoms with Gasteiger partial charge in [0, 0.05) is 11.8 Å². The molecule has 2 rings (SSSR count). The van der Waals surface area contributed by atoms with Gasteiger partial charge in [-0.05, 0) is 29.0 Å². The Kier molecular flexibility index (Phi) is 5.29. The summed E-state index contributed by atoms with van der Waals surface area (Å²) in [6.07, 6.45) is 2.35. The average Bonchev–Trinajstić information content (AvgIpc) is 2.90. The number of rotatable bonds is 6. The van der Waals surface area contributed by atoms with Gasteiger partial charge >= 0.3 is 0 Å². The quantitative estimate of drug-likeness (QED) is 0.787. The second-order valence-corrected chi connectivity index (χ2v) is 6.61. The van der Waals surface area contributed by atoms with Gasteiger partial charge in [-0.3, -0.25) is 0 Å². The van der Waals surface area contributed by atoms with Gasteiger partial charge in [0.05, 0.1) is 4.21 Å². The van der Waals surface area contributed by atoms with Crippen LogP contribution in [0.3, 0.4) is 0 Å². The summed E-state index contributed by atoms with van der Waals surface area (Å²) in [5.41, 5.74) is 8.86. The second kappa shape index (κ2) is 6.98. The van der Waals surface area contributed by atoms with Crippen molar-refractivity contribution in [3.8, 4) is 0 Å². The molecule has 0 aliphatic heterocycles. The van der Waals surface area contributed by atoms with Crippen molar-refractivity contribution in [3.05, 3.63) is 52.9 Å². The molecule has 1 aromatic carbocycles. The van der Waals surface area contributed by atoms with Crippen LogP contribution in [-0.4, -0.2) is 5.75 Å². The zero-order chi connectivity index (χ0) is 12.8. The molecule has 1 aromatic heterocycles. The molecule has 1 atom stereocenters. The summed E-state index contributed by atoms with van der Waals surface area (Å²) in [5.74, 6) is 0.938. The molecule has 0 radical (unpaired) electrons. The molecule has 0 aliphatic carbocycles. The van der Waals surface area contributed by atoms with Crippen LogP contribution >= 0.6 is 23.1 Å². The molecule has 2 N–H and O–H groups in total. The fourth-order valence-electron chi connectivity index (χ4n) is 1.83. The van der Waals surface area contributed by atoms with Crippen LogP contribution in [0.4, 0.5) is 0 Å². The first-order valence-electron chi connectivity index (χ1n) is 6.30. The predicted molar refractivity (Wildman–Crippen MR) is 82.4 cm³/mol. The number of thioether (sulfide) groups is 1. The Balaban J connectivity index is 1.89. The number of hydrogen-bond acceptors (Lipinski definition) is 3. The third-order valence-corrected chi connectivity index (χ3v) is 5.10. The molecule has 1 nitrogen and oxygen atoms in total. The summed E-state index contributed by atoms with van der Waals surface area (Å²) >= 11 is 3.61. The topological polar surface area (TPSA) is 26.0 Å². The lowest BCUT2D eigenvalue weighted by atomic mass is 10.0. The van der Waals surface area contributed by atoms with Crippen LogP contribution in [0.5, 0.6) is 0 Å². The number of benzene rings is 1. The van der Waals surface area contributed by atoms with Crippen LogP contribution in [0.15, 0.2) is 46.0 Å². The average molecular weight is 277 g/mol. The SMILES string of the molecule is CCCc1ccc(C(N)CSc2cccs2)cc1. The van der Waals surface area contributed by atoms with Gasteiger partial charge in [-0.1, -0.05) is 43.7 Å². The third-order valence-electron chi connectivity index (χ3n) is 2.85. The predicted octanol–water partition coefficient (Wildman–Crippen LogP) is 4.49. The molecule has 3 heteroatoms. The van der Waals surface area contributed by atoms with Crippen molar-refractivity contribution >= 4 is 23.1 Å². The van der Waals surface area contributed by atoms with Crippen molar-refractivity contribution in [2.45, 2.75) is 30.0 Å². The smallest absolute Gasteiger partial charge is 0.0599 e. The fraction of sp³-hybridized carbons (Fsp3) is 0.333. The molecule has 1 heterocycles. The van der Waals surface area contributed by atoms with Gasteiger partial charge < -0.3 is 5.73 Å². The van der Waals surface area contributed by atoms with Crippen molar-refractivity contribution < 1.29 is 0 Å². The Labute approximate surface area is 117 Å². The van der Waals surface area contributed by atoms with E-state index in [2.05, 4.69) is 48.7 Å². The summed E-state index contributed by atoms with van der Waals surface area (Å²) in [5, 5.41) is 2.10. The normalized spacial score (nSPS) is 12.6. The highest BCUT2D eigenvalue weighted by molar-refractivity contribution is 8.01. The lowest BCUT2D eigenvalue weighted by Crippen LogP contribution is -2.12. The van der Waals surface area contributed by atoms with E-state index in [0.29, 0.717) is 0 Å². The zero-order valence-electron chi connectivity index (χ0n) is 10.6. The molecule has 0 aliphatic rings. The third kappa shape index (κ3) is 3.87. The highest BCUT2D eigenvalue weighted by Gasteiger charge is 2.07. The lowest BCUT2D eigenvalue weighted by Gasteiger charge is -2.11. The molecule has 0 saturated carbocycles. The van der Waals surface area contributed by atoms with E-state index in [9.17, 15) is 0 Å². The van der Waals surface area contributed by atoms with E-state index in [-0.39, 0.29) is 6.04 Å². The highest BCUT2D eigenvalue weighted by Crippen LogP contribution is 2.27. The Morgan fingerprint density at radius 1 is 1.22 bits per heavy atom. The zero-order valence-corrected chi connectivity index (χ0v) is 12.3. The number of hydrogen-bond donors (Lipinski definition) is 1. The van der Waals surface area contributed by atoms with Gasteiger partial charge in [0.1, 0.15) is 0 Å². The van der Waals surface area contributed by atoms with Crippen molar-refractivity contribution in [1.82, 2.24) is 0 Å². The minimum absolute atomic E-state index is 0.118. The molecule has 0 amide bonds. The maximum atomic E-state index is 6.22. The number of aryl methyl sites for hydroxylation is 1. The number of nitrogens with two attached hydrogens (primary N) is 1. The van der Waals surface area contributed by atoms with Crippen LogP contribution in [0, 0.1) is 0 Å². The summed E-state index contributed by atoms with van der Waals surface area (Å²) in [6.45, 7) is 2.21. The minimum atomic E-state index is 0.118. The molecule has 0 bridgehead atoms. The van der Waals surface area contributed by atoms with E-state index in [0.717, 1.165) is 12.2 Å². The maximum Gasteiger partial charge on any atom is 0.0599 e. The first kappa shape index (κ1) is 13.7. The van der Waals surface area contributed by atoms with Gasteiger partial charge in [-0.2, -0.15) is 0 Å². The van der Waals surface area contributed by atoms with E-state index in [1.165, 1.54) is 21.8 Å². The Morgan fingerprint density at radius 2 is 2.00 bits per heavy atom. The van der Waals surface area contributed by atoms with Crippen molar-refractivity contribution in [2.75, 3.05) is 5.75 Å². The Hall–Kier alpha value is -0.770. The van der Waals surface area contributed by atoms with Crippen molar-refractivity contribution in [3.63, 3.8) is 0 Å². The summed E-state index contributed by atoms with van der Waals surface area (Å²) in [4.78, 5) is 0. The van der Waals surface area contributed by atoms with Gasteiger partial charge in [0.15, 0.2) is 0 Å². The van der Waals surface area contributed by atoms with Crippen LogP contribution in [0.2, 0.25) is 0 Å². The summed E-state index contributed by atoms with van der Waals surface area (Å²) in [7, 11) is 0. The molecular weight excluding hydrogens is 258 g/mol. The molecule has 1 unspecified atom stereocenters. The first-order valence-corrected chi connectivity index (χ1v) is 8.17. The van der Waals surface area contributed by atoms with E-state index < -0.39 is 0 Å². The molecule has 0 spiro atoms. The molecule has 96 valence electrons. The lowest BCUT2D eigenvalue weighted by molar-refractivity contribution is 0.828. The summed E-state index contributed by atoms with van der Waals surface area (Å²) in [6, 6.07) is 13.1. The Morgan fingerprint density at radius 3 is 2.61 bits per heavy atom. The number of thiophene rings is 1. The summed E-state index contributed by atoms with van der Waals surface area (Å²) < 4.78 is 1.34. The molecule has 18 heavy (non-hydrogen) atoms. The van der Waals surface area contributed by atoms with E-state index in [1.807, 2.05) is 11.8 Å². The molecular formula is C15H19NS2. The Bertz CT molecular complexity index is 448. The van der Waals surface area contributed by atoms with Crippen LogP contribution in [-0.2, 0) is 6.42 Å². The monoisotopic (exact) mass is 277 g/mol. The van der Waals surface area contributed by atoms with Crippen molar-refractivity contribution in [1.29, 1.82) is 0 Å². The van der Waals surface area contributed by atoms with Gasteiger partial charge in [0.25, 0.3) is 0 Å². The van der Waals surface area contributed by atoms with Crippen LogP contribution in [0.1, 0.15) is 30.5 Å². The van der Waals surface area contributed by atoms with Gasteiger partial charge in [-0.15, -0.1) is 23.1 Å². The van der Waals surface area contributed by atoms with E-state index >= 15 is 0 Å². The largest absolute Gasteiger partial charge is 0.323 e. The fourth-order valence-corrected chi connectivity index (χ4v) is 3.64. The maximum absolute atomic E-state index is 6.22. The highest BCUT2D eigenvalue weighted by atomic mass is 32.2. The van der Waals surface area contributed by atoms with Gasteiger partial charge in [0.2, 0.25) is 0 Å². The minimum Gasteiger partial charge on any atom is -0.323 e. The van der Waals surface area contributed by atoms with Crippen LogP contribution in [0.25, 0.3) is 0 Å². The first-order chi connectivity index (χ1) is 8.79. The standard InChI is InChI=1S/C15H19NS2/c1-2-4-12-6-8-13(9-7-12)14(16)11-18-15-5-3-10-17-15/h3,5-10,14H,2,4,11,16H2,1H3. The molecule has 2 aromatic rings. The van der Waals surface area contributed by atoms with Crippen molar-refractivity contribution in [2.24, 2.45) is 5.73 Å². The van der Waals surface area contributed by atoms with Crippen LogP contribution < -0.4 is 5.73 Å².